The topological polar surface area (TPSA) is 56.9 Å². The van der Waals surface area contributed by atoms with E-state index < -0.39 is 0 Å². The van der Waals surface area contributed by atoms with Gasteiger partial charge in [0.2, 0.25) is 0 Å². The summed E-state index contributed by atoms with van der Waals surface area (Å²) in [6.45, 7) is 6.72. The lowest BCUT2D eigenvalue weighted by Gasteiger charge is -2.22. The maximum atomic E-state index is 12.9. The molecule has 1 aromatic carbocycles. The molecule has 2 saturated heterocycles. The van der Waals surface area contributed by atoms with Gasteiger partial charge in [0.05, 0.1) is 0 Å². The van der Waals surface area contributed by atoms with Crippen LogP contribution in [0.2, 0.25) is 0 Å². The molecule has 1 amide bonds. The molecule has 0 spiro atoms. The van der Waals surface area contributed by atoms with E-state index in [0.29, 0.717) is 24.8 Å². The van der Waals surface area contributed by atoms with E-state index in [2.05, 4.69) is 4.90 Å². The third-order valence-electron chi connectivity index (χ3n) is 5.74. The molecule has 25 heavy (non-hydrogen) atoms. The van der Waals surface area contributed by atoms with Crippen LogP contribution in [0.3, 0.4) is 0 Å². The number of carbonyl (C=O) groups excluding carboxylic acids is 1. The summed E-state index contributed by atoms with van der Waals surface area (Å²) in [5.41, 5.74) is 1.83. The molecule has 1 aromatic heterocycles. The second-order valence-corrected chi connectivity index (χ2v) is 7.52. The van der Waals surface area contributed by atoms with Crippen molar-refractivity contribution in [2.75, 3.05) is 39.3 Å². The van der Waals surface area contributed by atoms with Crippen LogP contribution in [0.25, 0.3) is 11.0 Å². The van der Waals surface area contributed by atoms with Crippen molar-refractivity contribution in [3.05, 3.63) is 35.6 Å². The van der Waals surface area contributed by atoms with Crippen LogP contribution in [0, 0.1) is 18.8 Å². The van der Waals surface area contributed by atoms with Gasteiger partial charge in [0, 0.05) is 37.5 Å². The molecular weight excluding hydrogens is 316 g/mol. The largest absolute Gasteiger partial charge is 0.451 e. The van der Waals surface area contributed by atoms with Crippen LogP contribution in [-0.4, -0.2) is 60.1 Å². The van der Waals surface area contributed by atoms with Gasteiger partial charge in [-0.15, -0.1) is 0 Å². The summed E-state index contributed by atoms with van der Waals surface area (Å²) >= 11 is 0. The van der Waals surface area contributed by atoms with E-state index >= 15 is 0 Å². The van der Waals surface area contributed by atoms with Crippen LogP contribution in [0.5, 0.6) is 0 Å². The highest BCUT2D eigenvalue weighted by Crippen LogP contribution is 2.29. The van der Waals surface area contributed by atoms with Crippen molar-refractivity contribution < 1.29 is 14.3 Å². The summed E-state index contributed by atoms with van der Waals surface area (Å²) in [4.78, 5) is 17.2. The van der Waals surface area contributed by atoms with Crippen molar-refractivity contribution in [1.29, 1.82) is 0 Å². The Morgan fingerprint density at radius 2 is 2.00 bits per heavy atom. The highest BCUT2D eigenvalue weighted by molar-refractivity contribution is 5.96. The molecule has 2 aromatic rings. The van der Waals surface area contributed by atoms with Crippen molar-refractivity contribution >= 4 is 16.9 Å². The number of nitrogens with zero attached hydrogens (tertiary/aromatic N) is 2. The van der Waals surface area contributed by atoms with Crippen LogP contribution in [0.4, 0.5) is 0 Å². The number of carbonyl (C=O) groups is 1. The minimum atomic E-state index is -0.0574. The van der Waals surface area contributed by atoms with E-state index in [4.69, 9.17) is 4.42 Å². The molecule has 5 nitrogen and oxygen atoms in total. The second kappa shape index (κ2) is 6.81. The molecule has 1 N–H and O–H groups in total. The van der Waals surface area contributed by atoms with E-state index in [9.17, 15) is 9.90 Å². The van der Waals surface area contributed by atoms with Gasteiger partial charge in [-0.1, -0.05) is 18.2 Å². The Labute approximate surface area is 148 Å². The lowest BCUT2D eigenvalue weighted by Crippen LogP contribution is -2.32. The lowest BCUT2D eigenvalue weighted by atomic mass is 9.96. The molecule has 2 unspecified atom stereocenters. The Morgan fingerprint density at radius 1 is 1.24 bits per heavy atom. The van der Waals surface area contributed by atoms with Crippen molar-refractivity contribution in [2.24, 2.45) is 11.8 Å². The summed E-state index contributed by atoms with van der Waals surface area (Å²) < 4.78 is 5.85. The fourth-order valence-corrected chi connectivity index (χ4v) is 4.29. The SMILES string of the molecule is Cc1cccc2cc(C(=O)N3CC(CO)C(CN4CCCC4)C3)oc12. The van der Waals surface area contributed by atoms with E-state index in [1.807, 2.05) is 36.1 Å². The number of likely N-dealkylation sites (tertiary alicyclic amines) is 2. The fraction of sp³-hybridized carbons (Fsp3) is 0.550. The Bertz CT molecular complexity index is 763. The molecular formula is C20H26N2O3. The van der Waals surface area contributed by atoms with Crippen molar-refractivity contribution in [3.8, 4) is 0 Å². The van der Waals surface area contributed by atoms with Gasteiger partial charge in [-0.3, -0.25) is 4.79 Å². The molecule has 3 heterocycles. The van der Waals surface area contributed by atoms with Gasteiger partial charge >= 0.3 is 0 Å². The molecule has 0 bridgehead atoms. The zero-order valence-electron chi connectivity index (χ0n) is 14.8. The molecule has 0 aliphatic carbocycles. The number of aryl methyl sites for hydroxylation is 1. The molecule has 0 radical (unpaired) electrons. The lowest BCUT2D eigenvalue weighted by molar-refractivity contribution is 0.0750. The first-order valence-corrected chi connectivity index (χ1v) is 9.27. The molecule has 2 aliphatic heterocycles. The third-order valence-corrected chi connectivity index (χ3v) is 5.74. The van der Waals surface area contributed by atoms with Crippen LogP contribution in [0.15, 0.2) is 28.7 Å². The number of fused-ring (bicyclic) bond motifs is 1. The van der Waals surface area contributed by atoms with Crippen LogP contribution in [0.1, 0.15) is 29.0 Å². The molecule has 2 atom stereocenters. The van der Waals surface area contributed by atoms with Crippen molar-refractivity contribution in [3.63, 3.8) is 0 Å². The Hall–Kier alpha value is -1.85. The van der Waals surface area contributed by atoms with Gasteiger partial charge in [-0.25, -0.2) is 0 Å². The molecule has 4 rings (SSSR count). The van der Waals surface area contributed by atoms with Gasteiger partial charge in [-0.05, 0) is 50.4 Å². The molecule has 2 fully saturated rings. The Morgan fingerprint density at radius 3 is 2.72 bits per heavy atom. The summed E-state index contributed by atoms with van der Waals surface area (Å²) in [6, 6.07) is 7.78. The first kappa shape index (κ1) is 16.6. The van der Waals surface area contributed by atoms with E-state index in [0.717, 1.165) is 36.2 Å². The minimum Gasteiger partial charge on any atom is -0.451 e. The highest BCUT2D eigenvalue weighted by atomic mass is 16.3. The van der Waals surface area contributed by atoms with Crippen molar-refractivity contribution in [1.82, 2.24) is 9.80 Å². The Kier molecular flexibility index (Phi) is 4.52. The van der Waals surface area contributed by atoms with Crippen LogP contribution in [-0.2, 0) is 0 Å². The number of para-hydroxylation sites is 1. The van der Waals surface area contributed by atoms with Gasteiger partial charge in [0.25, 0.3) is 5.91 Å². The zero-order chi connectivity index (χ0) is 17.4. The number of benzene rings is 1. The summed E-state index contributed by atoms with van der Waals surface area (Å²) in [5.74, 6) is 0.856. The maximum Gasteiger partial charge on any atom is 0.289 e. The third kappa shape index (κ3) is 3.18. The fourth-order valence-electron chi connectivity index (χ4n) is 4.29. The van der Waals surface area contributed by atoms with Crippen LogP contribution >= 0.6 is 0 Å². The zero-order valence-corrected chi connectivity index (χ0v) is 14.8. The van der Waals surface area contributed by atoms with Gasteiger partial charge in [0.15, 0.2) is 5.76 Å². The molecule has 2 aliphatic rings. The molecule has 0 saturated carbocycles. The van der Waals surface area contributed by atoms with Gasteiger partial charge in [-0.2, -0.15) is 0 Å². The number of hydrogen-bond acceptors (Lipinski definition) is 4. The number of aliphatic hydroxyl groups excluding tert-OH is 1. The predicted octanol–water partition coefficient (Wildman–Crippen LogP) is 2.52. The predicted molar refractivity (Wildman–Crippen MR) is 96.6 cm³/mol. The summed E-state index contributed by atoms with van der Waals surface area (Å²) in [6.07, 6.45) is 2.52. The smallest absolute Gasteiger partial charge is 0.289 e. The van der Waals surface area contributed by atoms with Crippen LogP contribution < -0.4 is 0 Å². The minimum absolute atomic E-state index is 0.0574. The quantitative estimate of drug-likeness (QED) is 0.928. The summed E-state index contributed by atoms with van der Waals surface area (Å²) in [7, 11) is 0. The monoisotopic (exact) mass is 342 g/mol. The molecule has 5 heteroatoms. The van der Waals surface area contributed by atoms with Crippen molar-refractivity contribution in [2.45, 2.75) is 19.8 Å². The number of aliphatic hydroxyl groups is 1. The molecule has 134 valence electrons. The first-order valence-electron chi connectivity index (χ1n) is 9.27. The number of rotatable bonds is 4. The summed E-state index contributed by atoms with van der Waals surface area (Å²) in [5, 5.41) is 10.7. The Balaban J connectivity index is 1.50. The van der Waals surface area contributed by atoms with Gasteiger partial charge < -0.3 is 19.3 Å². The van der Waals surface area contributed by atoms with E-state index in [1.54, 1.807) is 0 Å². The van der Waals surface area contributed by atoms with E-state index in [-0.39, 0.29) is 18.4 Å². The average Bonchev–Trinajstić information content (AvgIpc) is 3.34. The number of furan rings is 1. The highest BCUT2D eigenvalue weighted by Gasteiger charge is 2.37. The average molecular weight is 342 g/mol. The maximum absolute atomic E-state index is 12.9. The number of amides is 1. The second-order valence-electron chi connectivity index (χ2n) is 7.52. The first-order chi connectivity index (χ1) is 12.2. The van der Waals surface area contributed by atoms with E-state index in [1.165, 1.54) is 12.8 Å². The standard InChI is InChI=1S/C20H26N2O3/c1-14-5-4-6-15-9-18(25-19(14)15)20(24)22-11-16(17(12-22)13-23)10-21-7-2-3-8-21/h4-6,9,16-17,23H,2-3,7-8,10-13H2,1H3. The normalized spacial score (nSPS) is 24.5. The van der Waals surface area contributed by atoms with Gasteiger partial charge in [0.1, 0.15) is 5.58 Å². The number of hydrogen-bond donors (Lipinski definition) is 1.